The first kappa shape index (κ1) is 19.7. The highest BCUT2D eigenvalue weighted by Gasteiger charge is 2.35. The fraction of sp³-hybridized carbons (Fsp3) is 0.0870. The molecule has 30 heavy (non-hydrogen) atoms. The van der Waals surface area contributed by atoms with Crippen LogP contribution in [0.2, 0.25) is 0 Å². The summed E-state index contributed by atoms with van der Waals surface area (Å²) in [4.78, 5) is 26.9. The SMILES string of the molecule is Cc1ccc(N2C(=O)/C(=C/c3ccc(-c4cccc(F)c4)o3)C(=O)NC2=S)c(C)c1. The number of rotatable bonds is 3. The lowest BCUT2D eigenvalue weighted by Crippen LogP contribution is -2.54. The Morgan fingerprint density at radius 1 is 1.07 bits per heavy atom. The highest BCUT2D eigenvalue weighted by atomic mass is 32.1. The van der Waals surface area contributed by atoms with Gasteiger partial charge in [0.1, 0.15) is 22.9 Å². The van der Waals surface area contributed by atoms with E-state index in [-0.39, 0.29) is 16.5 Å². The fourth-order valence-corrected chi connectivity index (χ4v) is 3.58. The van der Waals surface area contributed by atoms with Crippen LogP contribution in [0.4, 0.5) is 10.1 Å². The van der Waals surface area contributed by atoms with Gasteiger partial charge in [-0.2, -0.15) is 0 Å². The number of benzene rings is 2. The molecule has 0 bridgehead atoms. The molecule has 0 spiro atoms. The molecule has 2 amide bonds. The van der Waals surface area contributed by atoms with Gasteiger partial charge in [0.2, 0.25) is 0 Å². The number of aryl methyl sites for hydroxylation is 2. The number of halogens is 1. The number of hydrogen-bond donors (Lipinski definition) is 1. The highest BCUT2D eigenvalue weighted by Crippen LogP contribution is 2.28. The zero-order valence-electron chi connectivity index (χ0n) is 16.2. The Hall–Kier alpha value is -3.58. The largest absolute Gasteiger partial charge is 0.457 e. The number of anilines is 1. The quantitative estimate of drug-likeness (QED) is 0.384. The van der Waals surface area contributed by atoms with Gasteiger partial charge in [-0.3, -0.25) is 19.8 Å². The van der Waals surface area contributed by atoms with Crippen molar-refractivity contribution in [3.8, 4) is 11.3 Å². The summed E-state index contributed by atoms with van der Waals surface area (Å²) in [6.45, 7) is 3.82. The van der Waals surface area contributed by atoms with E-state index in [0.717, 1.165) is 11.1 Å². The number of furan rings is 1. The Kier molecular flexibility index (Phi) is 5.05. The molecule has 2 heterocycles. The van der Waals surface area contributed by atoms with Crippen LogP contribution in [-0.4, -0.2) is 16.9 Å². The van der Waals surface area contributed by atoms with E-state index in [1.54, 1.807) is 30.3 Å². The minimum atomic E-state index is -0.602. The maximum atomic E-state index is 13.5. The highest BCUT2D eigenvalue weighted by molar-refractivity contribution is 7.80. The van der Waals surface area contributed by atoms with E-state index in [0.29, 0.717) is 22.8 Å². The average Bonchev–Trinajstić information content (AvgIpc) is 3.15. The molecule has 1 fully saturated rings. The molecule has 0 aliphatic carbocycles. The fourth-order valence-electron chi connectivity index (χ4n) is 3.30. The molecule has 0 radical (unpaired) electrons. The molecular weight excluding hydrogens is 403 g/mol. The van der Waals surface area contributed by atoms with Gasteiger partial charge in [0.25, 0.3) is 11.8 Å². The lowest BCUT2D eigenvalue weighted by atomic mass is 10.1. The predicted octanol–water partition coefficient (Wildman–Crippen LogP) is 4.53. The number of carbonyl (C=O) groups is 2. The minimum Gasteiger partial charge on any atom is -0.457 e. The maximum absolute atomic E-state index is 13.5. The van der Waals surface area contributed by atoms with Crippen LogP contribution in [0.3, 0.4) is 0 Å². The Morgan fingerprint density at radius 3 is 2.60 bits per heavy atom. The van der Waals surface area contributed by atoms with E-state index >= 15 is 0 Å². The molecule has 0 atom stereocenters. The second kappa shape index (κ2) is 7.68. The molecule has 5 nitrogen and oxygen atoms in total. The standard InChI is InChI=1S/C23H17FN2O3S/c1-13-6-8-19(14(2)10-13)26-22(28)18(21(27)25-23(26)30)12-17-7-9-20(29-17)15-4-3-5-16(24)11-15/h3-12H,1-2H3,(H,25,27,30)/b18-12+. The number of thiocarbonyl (C=S) groups is 1. The molecule has 1 saturated heterocycles. The van der Waals surface area contributed by atoms with Crippen molar-refractivity contribution >= 4 is 40.9 Å². The summed E-state index contributed by atoms with van der Waals surface area (Å²) in [6, 6.07) is 14.8. The third-order valence-corrected chi connectivity index (χ3v) is 5.00. The normalized spacial score (nSPS) is 15.6. The van der Waals surface area contributed by atoms with Crippen molar-refractivity contribution in [1.29, 1.82) is 0 Å². The van der Waals surface area contributed by atoms with E-state index in [2.05, 4.69) is 5.32 Å². The van der Waals surface area contributed by atoms with Gasteiger partial charge in [0.15, 0.2) is 5.11 Å². The van der Waals surface area contributed by atoms with Gasteiger partial charge in [-0.1, -0.05) is 29.8 Å². The van der Waals surface area contributed by atoms with Crippen molar-refractivity contribution in [3.63, 3.8) is 0 Å². The number of nitrogens with one attached hydrogen (secondary N) is 1. The van der Waals surface area contributed by atoms with Crippen molar-refractivity contribution < 1.29 is 18.4 Å². The lowest BCUT2D eigenvalue weighted by molar-refractivity contribution is -0.122. The van der Waals surface area contributed by atoms with Crippen LogP contribution in [0.1, 0.15) is 16.9 Å². The number of hydrogen-bond acceptors (Lipinski definition) is 4. The van der Waals surface area contributed by atoms with Gasteiger partial charge in [0, 0.05) is 5.56 Å². The van der Waals surface area contributed by atoms with Gasteiger partial charge in [-0.05, 0) is 68.0 Å². The third-order valence-electron chi connectivity index (χ3n) is 4.72. The third kappa shape index (κ3) is 3.67. The molecule has 1 aliphatic heterocycles. The Morgan fingerprint density at radius 2 is 1.87 bits per heavy atom. The number of amides is 2. The molecule has 7 heteroatoms. The molecule has 1 N–H and O–H groups in total. The van der Waals surface area contributed by atoms with Crippen molar-refractivity contribution in [3.05, 3.63) is 82.9 Å². The van der Waals surface area contributed by atoms with Gasteiger partial charge in [-0.15, -0.1) is 0 Å². The summed E-state index contributed by atoms with van der Waals surface area (Å²) in [6.07, 6.45) is 1.36. The first-order valence-corrected chi connectivity index (χ1v) is 9.59. The monoisotopic (exact) mass is 420 g/mol. The van der Waals surface area contributed by atoms with Crippen LogP contribution < -0.4 is 10.2 Å². The summed E-state index contributed by atoms with van der Waals surface area (Å²) in [5.41, 5.74) is 2.95. The Bertz CT molecular complexity index is 1230. The first-order valence-electron chi connectivity index (χ1n) is 9.18. The van der Waals surface area contributed by atoms with E-state index in [9.17, 15) is 14.0 Å². The summed E-state index contributed by atoms with van der Waals surface area (Å²) in [5.74, 6) is -0.815. The molecule has 150 valence electrons. The Labute approximate surface area is 177 Å². The average molecular weight is 420 g/mol. The molecule has 2 aromatic carbocycles. The molecular formula is C23H17FN2O3S. The van der Waals surface area contributed by atoms with Crippen LogP contribution in [-0.2, 0) is 9.59 Å². The zero-order chi connectivity index (χ0) is 21.4. The van der Waals surface area contributed by atoms with Crippen LogP contribution in [0.5, 0.6) is 0 Å². The summed E-state index contributed by atoms with van der Waals surface area (Å²) >= 11 is 5.24. The van der Waals surface area contributed by atoms with E-state index in [4.69, 9.17) is 16.6 Å². The second-order valence-electron chi connectivity index (χ2n) is 6.96. The van der Waals surface area contributed by atoms with E-state index in [1.165, 1.54) is 23.1 Å². The summed E-state index contributed by atoms with van der Waals surface area (Å²) in [5, 5.41) is 2.58. The molecule has 0 unspecified atom stereocenters. The molecule has 4 rings (SSSR count). The second-order valence-corrected chi connectivity index (χ2v) is 7.35. The van der Waals surface area contributed by atoms with Crippen molar-refractivity contribution in [2.24, 2.45) is 0 Å². The first-order chi connectivity index (χ1) is 14.3. The van der Waals surface area contributed by atoms with Crippen molar-refractivity contribution in [2.75, 3.05) is 4.90 Å². The lowest BCUT2D eigenvalue weighted by Gasteiger charge is -2.30. The van der Waals surface area contributed by atoms with Crippen LogP contribution in [0, 0.1) is 19.7 Å². The minimum absolute atomic E-state index is 0.0222. The van der Waals surface area contributed by atoms with Gasteiger partial charge >= 0.3 is 0 Å². The van der Waals surface area contributed by atoms with E-state index in [1.807, 2.05) is 26.0 Å². The van der Waals surface area contributed by atoms with Crippen molar-refractivity contribution in [2.45, 2.75) is 13.8 Å². The van der Waals surface area contributed by atoms with Crippen LogP contribution in [0.25, 0.3) is 17.4 Å². The van der Waals surface area contributed by atoms with Gasteiger partial charge in [0.05, 0.1) is 5.69 Å². The molecule has 0 saturated carbocycles. The molecule has 3 aromatic rings. The molecule has 1 aliphatic rings. The zero-order valence-corrected chi connectivity index (χ0v) is 17.0. The Balaban J connectivity index is 1.70. The van der Waals surface area contributed by atoms with E-state index < -0.39 is 11.8 Å². The topological polar surface area (TPSA) is 62.6 Å². The van der Waals surface area contributed by atoms with Crippen molar-refractivity contribution in [1.82, 2.24) is 5.32 Å². The van der Waals surface area contributed by atoms with Gasteiger partial charge in [-0.25, -0.2) is 4.39 Å². The summed E-state index contributed by atoms with van der Waals surface area (Å²) < 4.78 is 19.2. The van der Waals surface area contributed by atoms with Crippen LogP contribution >= 0.6 is 12.2 Å². The summed E-state index contributed by atoms with van der Waals surface area (Å²) in [7, 11) is 0. The smallest absolute Gasteiger partial charge is 0.270 e. The number of nitrogens with zero attached hydrogens (tertiary/aromatic N) is 1. The van der Waals surface area contributed by atoms with Crippen LogP contribution in [0.15, 0.2) is 64.6 Å². The molecule has 1 aromatic heterocycles. The predicted molar refractivity (Wildman–Crippen MR) is 116 cm³/mol. The number of carbonyl (C=O) groups excluding carboxylic acids is 2. The van der Waals surface area contributed by atoms with Gasteiger partial charge < -0.3 is 4.42 Å². The maximum Gasteiger partial charge on any atom is 0.270 e.